The summed E-state index contributed by atoms with van der Waals surface area (Å²) in [6, 6.07) is 5.92. The Hall–Kier alpha value is -1.02. The SMILES string of the molecule is Cc1ccc(CC2(CN)CC2)cc1O. The lowest BCUT2D eigenvalue weighted by atomic mass is 9.96. The summed E-state index contributed by atoms with van der Waals surface area (Å²) in [4.78, 5) is 0. The summed E-state index contributed by atoms with van der Waals surface area (Å²) in [6.45, 7) is 2.68. The number of nitrogens with two attached hydrogens (primary N) is 1. The predicted molar refractivity (Wildman–Crippen MR) is 57.3 cm³/mol. The molecule has 1 aliphatic rings. The molecule has 0 aromatic heterocycles. The lowest BCUT2D eigenvalue weighted by Crippen LogP contribution is -2.17. The quantitative estimate of drug-likeness (QED) is 0.767. The monoisotopic (exact) mass is 191 g/mol. The molecule has 0 radical (unpaired) electrons. The zero-order valence-corrected chi connectivity index (χ0v) is 8.59. The van der Waals surface area contributed by atoms with Gasteiger partial charge in [-0.3, -0.25) is 0 Å². The van der Waals surface area contributed by atoms with Gasteiger partial charge in [0.1, 0.15) is 5.75 Å². The van der Waals surface area contributed by atoms with Gasteiger partial charge in [0, 0.05) is 0 Å². The van der Waals surface area contributed by atoms with E-state index in [2.05, 4.69) is 6.07 Å². The van der Waals surface area contributed by atoms with Crippen LogP contribution in [0.25, 0.3) is 0 Å². The Kier molecular flexibility index (Phi) is 2.23. The van der Waals surface area contributed by atoms with Crippen LogP contribution in [0.2, 0.25) is 0 Å². The summed E-state index contributed by atoms with van der Waals surface area (Å²) in [5.41, 5.74) is 8.21. The lowest BCUT2D eigenvalue weighted by Gasteiger charge is -2.12. The van der Waals surface area contributed by atoms with E-state index in [-0.39, 0.29) is 0 Å². The Labute approximate surface area is 84.7 Å². The van der Waals surface area contributed by atoms with Crippen molar-refractivity contribution in [3.63, 3.8) is 0 Å². The van der Waals surface area contributed by atoms with E-state index in [1.807, 2.05) is 19.1 Å². The fraction of sp³-hybridized carbons (Fsp3) is 0.500. The van der Waals surface area contributed by atoms with Crippen LogP contribution >= 0.6 is 0 Å². The maximum atomic E-state index is 9.56. The molecule has 2 rings (SSSR count). The second-order valence-corrected chi connectivity index (χ2v) is 4.50. The minimum absolute atomic E-state index is 0.349. The molecule has 0 amide bonds. The molecule has 0 heterocycles. The van der Waals surface area contributed by atoms with E-state index >= 15 is 0 Å². The van der Waals surface area contributed by atoms with Crippen molar-refractivity contribution in [1.29, 1.82) is 0 Å². The molecule has 1 saturated carbocycles. The summed E-state index contributed by atoms with van der Waals surface area (Å²) in [7, 11) is 0. The Balaban J connectivity index is 2.14. The number of hydrogen-bond acceptors (Lipinski definition) is 2. The van der Waals surface area contributed by atoms with Crippen molar-refractivity contribution in [1.82, 2.24) is 0 Å². The summed E-state index contributed by atoms with van der Waals surface area (Å²) >= 11 is 0. The van der Waals surface area contributed by atoms with Gasteiger partial charge in [-0.2, -0.15) is 0 Å². The number of aromatic hydroxyl groups is 1. The molecular formula is C12H17NO. The highest BCUT2D eigenvalue weighted by Gasteiger charge is 2.40. The van der Waals surface area contributed by atoms with Crippen LogP contribution in [0, 0.1) is 12.3 Å². The van der Waals surface area contributed by atoms with Gasteiger partial charge in [-0.05, 0) is 55.3 Å². The van der Waals surface area contributed by atoms with Crippen molar-refractivity contribution in [3.05, 3.63) is 29.3 Å². The molecule has 3 N–H and O–H groups in total. The van der Waals surface area contributed by atoms with Crippen molar-refractivity contribution in [2.75, 3.05) is 6.54 Å². The van der Waals surface area contributed by atoms with E-state index < -0.39 is 0 Å². The van der Waals surface area contributed by atoms with Crippen LogP contribution in [0.5, 0.6) is 5.75 Å². The number of aryl methyl sites for hydroxylation is 1. The molecule has 0 atom stereocenters. The van der Waals surface area contributed by atoms with Gasteiger partial charge in [0.15, 0.2) is 0 Å². The number of rotatable bonds is 3. The van der Waals surface area contributed by atoms with Crippen molar-refractivity contribution < 1.29 is 5.11 Å². The Morgan fingerprint density at radius 2 is 2.14 bits per heavy atom. The summed E-state index contributed by atoms with van der Waals surface area (Å²) in [5, 5.41) is 9.56. The Bertz CT molecular complexity index is 342. The first-order valence-electron chi connectivity index (χ1n) is 5.14. The molecule has 0 bridgehead atoms. The van der Waals surface area contributed by atoms with E-state index in [0.29, 0.717) is 11.2 Å². The molecule has 0 saturated heterocycles. The summed E-state index contributed by atoms with van der Waals surface area (Å²) in [5.74, 6) is 0.398. The lowest BCUT2D eigenvalue weighted by molar-refractivity contribution is 0.467. The first-order chi connectivity index (χ1) is 6.65. The molecule has 1 aliphatic carbocycles. The highest BCUT2D eigenvalue weighted by Crippen LogP contribution is 2.47. The fourth-order valence-electron chi connectivity index (χ4n) is 1.83. The number of hydrogen-bond donors (Lipinski definition) is 2. The number of phenols is 1. The van der Waals surface area contributed by atoms with E-state index in [9.17, 15) is 5.11 Å². The van der Waals surface area contributed by atoms with Gasteiger partial charge in [0.2, 0.25) is 0 Å². The van der Waals surface area contributed by atoms with Crippen molar-refractivity contribution in [2.45, 2.75) is 26.2 Å². The van der Waals surface area contributed by atoms with Crippen LogP contribution in [0.15, 0.2) is 18.2 Å². The van der Waals surface area contributed by atoms with Crippen LogP contribution in [0.1, 0.15) is 24.0 Å². The molecule has 0 unspecified atom stereocenters. The van der Waals surface area contributed by atoms with E-state index in [0.717, 1.165) is 18.5 Å². The van der Waals surface area contributed by atoms with Crippen LogP contribution in [0.3, 0.4) is 0 Å². The number of benzene rings is 1. The second-order valence-electron chi connectivity index (χ2n) is 4.50. The van der Waals surface area contributed by atoms with Gasteiger partial charge < -0.3 is 10.8 Å². The maximum Gasteiger partial charge on any atom is 0.118 e. The maximum absolute atomic E-state index is 9.56. The van der Waals surface area contributed by atoms with E-state index in [1.165, 1.54) is 18.4 Å². The zero-order chi connectivity index (χ0) is 10.2. The van der Waals surface area contributed by atoms with Crippen LogP contribution in [-0.4, -0.2) is 11.7 Å². The minimum atomic E-state index is 0.349. The number of phenolic OH excluding ortho intramolecular Hbond substituents is 1. The molecular weight excluding hydrogens is 174 g/mol. The molecule has 14 heavy (non-hydrogen) atoms. The van der Waals surface area contributed by atoms with Crippen molar-refractivity contribution in [3.8, 4) is 5.75 Å². The molecule has 0 aliphatic heterocycles. The van der Waals surface area contributed by atoms with Gasteiger partial charge in [-0.25, -0.2) is 0 Å². The topological polar surface area (TPSA) is 46.2 Å². The van der Waals surface area contributed by atoms with Crippen LogP contribution in [0.4, 0.5) is 0 Å². The smallest absolute Gasteiger partial charge is 0.118 e. The molecule has 1 fully saturated rings. The average Bonchev–Trinajstić information content (AvgIpc) is 2.93. The van der Waals surface area contributed by atoms with Crippen LogP contribution in [-0.2, 0) is 6.42 Å². The third-order valence-electron chi connectivity index (χ3n) is 3.24. The van der Waals surface area contributed by atoms with Gasteiger partial charge in [0.05, 0.1) is 0 Å². The molecule has 1 aromatic carbocycles. The van der Waals surface area contributed by atoms with E-state index in [4.69, 9.17) is 5.73 Å². The van der Waals surface area contributed by atoms with Gasteiger partial charge in [-0.1, -0.05) is 12.1 Å². The first-order valence-corrected chi connectivity index (χ1v) is 5.14. The van der Waals surface area contributed by atoms with Gasteiger partial charge >= 0.3 is 0 Å². The highest BCUT2D eigenvalue weighted by atomic mass is 16.3. The fourth-order valence-corrected chi connectivity index (χ4v) is 1.83. The van der Waals surface area contributed by atoms with Gasteiger partial charge in [0.25, 0.3) is 0 Å². The largest absolute Gasteiger partial charge is 0.508 e. The minimum Gasteiger partial charge on any atom is -0.508 e. The third-order valence-corrected chi connectivity index (χ3v) is 3.24. The third kappa shape index (κ3) is 1.75. The van der Waals surface area contributed by atoms with E-state index in [1.54, 1.807) is 0 Å². The normalized spacial score (nSPS) is 18.1. The van der Waals surface area contributed by atoms with Gasteiger partial charge in [-0.15, -0.1) is 0 Å². The molecule has 2 nitrogen and oxygen atoms in total. The molecule has 76 valence electrons. The Morgan fingerprint density at radius 1 is 1.43 bits per heavy atom. The molecule has 0 spiro atoms. The summed E-state index contributed by atoms with van der Waals surface area (Å²) in [6.07, 6.45) is 3.48. The molecule has 2 heteroatoms. The average molecular weight is 191 g/mol. The Morgan fingerprint density at radius 3 is 2.64 bits per heavy atom. The molecule has 1 aromatic rings. The summed E-state index contributed by atoms with van der Waals surface area (Å²) < 4.78 is 0. The van der Waals surface area contributed by atoms with Crippen molar-refractivity contribution in [2.24, 2.45) is 11.1 Å². The van der Waals surface area contributed by atoms with Crippen LogP contribution < -0.4 is 5.73 Å². The predicted octanol–water partition coefficient (Wildman–Crippen LogP) is 1.98. The first kappa shape index (κ1) is 9.53. The zero-order valence-electron chi connectivity index (χ0n) is 8.59. The van der Waals surface area contributed by atoms with Crippen molar-refractivity contribution >= 4 is 0 Å². The standard InChI is InChI=1S/C12H17NO/c1-9-2-3-10(6-11(9)14)7-12(8-13)4-5-12/h2-3,6,14H,4-5,7-8,13H2,1H3. The highest BCUT2D eigenvalue weighted by molar-refractivity contribution is 5.36. The second kappa shape index (κ2) is 3.28.